The van der Waals surface area contributed by atoms with Gasteiger partial charge in [-0.15, -0.1) is 0 Å². The molecule has 0 bridgehead atoms. The van der Waals surface area contributed by atoms with Crippen LogP contribution in [0.5, 0.6) is 0 Å². The predicted octanol–water partition coefficient (Wildman–Crippen LogP) is -6.54. The Bertz CT molecular complexity index is 589. The summed E-state index contributed by atoms with van der Waals surface area (Å²) in [5, 5.41) is 98.4. The van der Waals surface area contributed by atoms with E-state index >= 15 is 0 Å². The second-order valence-corrected chi connectivity index (χ2v) is 8.32. The van der Waals surface area contributed by atoms with Crippen LogP contribution in [0.2, 0.25) is 0 Å². The minimum atomic E-state index is -1.80. The van der Waals surface area contributed by atoms with Crippen LogP contribution < -0.4 is 0 Å². The van der Waals surface area contributed by atoms with Crippen molar-refractivity contribution in [3.8, 4) is 0 Å². The molecule has 3 aliphatic heterocycles. The fourth-order valence-corrected chi connectivity index (χ4v) is 3.81. The Balaban J connectivity index is 1.57. The van der Waals surface area contributed by atoms with Crippen molar-refractivity contribution in [2.45, 2.75) is 92.4 Å². The summed E-state index contributed by atoms with van der Waals surface area (Å²) in [7, 11) is 0. The van der Waals surface area contributed by atoms with Crippen LogP contribution in [0, 0.1) is 0 Å². The van der Waals surface area contributed by atoms with Crippen LogP contribution >= 0.6 is 0 Å². The maximum Gasteiger partial charge on any atom is 0.186 e. The molecular formula is C18H32O15. The van der Waals surface area contributed by atoms with E-state index in [1.165, 1.54) is 0 Å². The number of aliphatic hydroxyl groups is 10. The molecule has 0 aromatic heterocycles. The Labute approximate surface area is 187 Å². The zero-order chi connectivity index (χ0) is 24.4. The Morgan fingerprint density at radius 1 is 0.576 bits per heavy atom. The molecule has 0 unspecified atom stereocenters. The summed E-state index contributed by atoms with van der Waals surface area (Å²) in [5.41, 5.74) is 0. The largest absolute Gasteiger partial charge is 0.394 e. The fourth-order valence-electron chi connectivity index (χ4n) is 3.81. The fraction of sp³-hybridized carbons (Fsp3) is 1.00. The van der Waals surface area contributed by atoms with Gasteiger partial charge < -0.3 is 74.7 Å². The second-order valence-electron chi connectivity index (χ2n) is 8.32. The summed E-state index contributed by atoms with van der Waals surface area (Å²) in [6.45, 7) is -1.46. The first-order valence-corrected chi connectivity index (χ1v) is 10.5. The van der Waals surface area contributed by atoms with Gasteiger partial charge in [0.1, 0.15) is 54.9 Å². The van der Waals surface area contributed by atoms with E-state index in [-0.39, 0.29) is 6.42 Å². The first-order valence-electron chi connectivity index (χ1n) is 10.5. The molecule has 0 amide bonds. The highest BCUT2D eigenvalue weighted by molar-refractivity contribution is 4.92. The van der Waals surface area contributed by atoms with Gasteiger partial charge in [-0.05, 0) is 0 Å². The third kappa shape index (κ3) is 5.97. The van der Waals surface area contributed by atoms with E-state index in [9.17, 15) is 51.1 Å². The first-order chi connectivity index (χ1) is 15.5. The standard InChI is InChI=1S/C18H32O15/c19-2-5-1-6(20)9(21)17(31-5)29-4-8-11(23)13(25)15(27)18(33-8)30-3-7-10(22)12(24)14(26)16(28)32-7/h5-28H,1-4H2/t5-,6-,7+,8+,9+,10-,11-,12-,13-,14+,15+,16+,17+,18+/m0/s1. The lowest BCUT2D eigenvalue weighted by molar-refractivity contribution is -0.335. The van der Waals surface area contributed by atoms with Gasteiger partial charge in [0, 0.05) is 6.42 Å². The maximum atomic E-state index is 10.2. The van der Waals surface area contributed by atoms with Crippen LogP contribution in [0.25, 0.3) is 0 Å². The molecule has 3 aliphatic rings. The smallest absolute Gasteiger partial charge is 0.186 e. The molecule has 3 rings (SSSR count). The molecule has 194 valence electrons. The molecule has 3 heterocycles. The number of aliphatic hydroxyl groups excluding tert-OH is 10. The van der Waals surface area contributed by atoms with Crippen LogP contribution in [0.15, 0.2) is 0 Å². The van der Waals surface area contributed by atoms with E-state index in [0.29, 0.717) is 0 Å². The van der Waals surface area contributed by atoms with E-state index < -0.39 is 106 Å². The van der Waals surface area contributed by atoms with Crippen LogP contribution in [-0.2, 0) is 23.7 Å². The Kier molecular flexibility index (Phi) is 9.35. The third-order valence-corrected chi connectivity index (χ3v) is 5.91. The van der Waals surface area contributed by atoms with E-state index in [1.807, 2.05) is 0 Å². The van der Waals surface area contributed by atoms with Crippen LogP contribution in [-0.4, -0.2) is 157 Å². The number of rotatable bonds is 7. The molecule has 0 aromatic rings. The lowest BCUT2D eigenvalue weighted by Gasteiger charge is -2.43. The summed E-state index contributed by atoms with van der Waals surface area (Å²) in [4.78, 5) is 0. The van der Waals surface area contributed by atoms with Gasteiger partial charge in [-0.1, -0.05) is 0 Å². The van der Waals surface area contributed by atoms with Crippen molar-refractivity contribution in [2.24, 2.45) is 0 Å². The highest BCUT2D eigenvalue weighted by atomic mass is 16.7. The Morgan fingerprint density at radius 2 is 1.09 bits per heavy atom. The number of hydrogen-bond donors (Lipinski definition) is 10. The summed E-state index contributed by atoms with van der Waals surface area (Å²) < 4.78 is 26.4. The Morgan fingerprint density at radius 3 is 1.67 bits per heavy atom. The zero-order valence-corrected chi connectivity index (χ0v) is 17.4. The van der Waals surface area contributed by atoms with Gasteiger partial charge in [0.2, 0.25) is 0 Å². The molecule has 33 heavy (non-hydrogen) atoms. The molecule has 3 fully saturated rings. The minimum absolute atomic E-state index is 0.0174. The van der Waals surface area contributed by atoms with Gasteiger partial charge in [0.05, 0.1) is 32.0 Å². The predicted molar refractivity (Wildman–Crippen MR) is 99.9 cm³/mol. The first kappa shape index (κ1) is 27.0. The van der Waals surface area contributed by atoms with Crippen molar-refractivity contribution in [1.82, 2.24) is 0 Å². The number of ether oxygens (including phenoxy) is 5. The third-order valence-electron chi connectivity index (χ3n) is 5.91. The van der Waals surface area contributed by atoms with Gasteiger partial charge in [-0.2, -0.15) is 0 Å². The highest BCUT2D eigenvalue weighted by Crippen LogP contribution is 2.27. The van der Waals surface area contributed by atoms with Crippen LogP contribution in [0.3, 0.4) is 0 Å². The van der Waals surface area contributed by atoms with Gasteiger partial charge in [-0.3, -0.25) is 0 Å². The molecule has 10 N–H and O–H groups in total. The molecule has 15 nitrogen and oxygen atoms in total. The minimum Gasteiger partial charge on any atom is -0.394 e. The van der Waals surface area contributed by atoms with Crippen molar-refractivity contribution >= 4 is 0 Å². The molecule has 0 aromatic carbocycles. The van der Waals surface area contributed by atoms with Crippen molar-refractivity contribution in [3.63, 3.8) is 0 Å². The lowest BCUT2D eigenvalue weighted by atomic mass is 9.98. The van der Waals surface area contributed by atoms with Gasteiger partial charge in [-0.25, -0.2) is 0 Å². The van der Waals surface area contributed by atoms with Crippen molar-refractivity contribution in [3.05, 3.63) is 0 Å². The lowest BCUT2D eigenvalue weighted by Crippen LogP contribution is -2.62. The summed E-state index contributed by atoms with van der Waals surface area (Å²) >= 11 is 0. The average molecular weight is 488 g/mol. The summed E-state index contributed by atoms with van der Waals surface area (Å²) in [6.07, 6.45) is -21.1. The van der Waals surface area contributed by atoms with Crippen molar-refractivity contribution < 1.29 is 74.7 Å². The average Bonchev–Trinajstić information content (AvgIpc) is 2.80. The molecular weight excluding hydrogens is 456 g/mol. The van der Waals surface area contributed by atoms with Crippen LogP contribution in [0.1, 0.15) is 6.42 Å². The molecule has 15 heteroatoms. The second kappa shape index (κ2) is 11.4. The van der Waals surface area contributed by atoms with Crippen molar-refractivity contribution in [2.75, 3.05) is 19.8 Å². The Hall–Kier alpha value is -0.600. The van der Waals surface area contributed by atoms with E-state index in [0.717, 1.165) is 0 Å². The van der Waals surface area contributed by atoms with E-state index in [1.54, 1.807) is 0 Å². The quantitative estimate of drug-likeness (QED) is 0.160. The normalized spacial score (nSPS) is 51.5. The van der Waals surface area contributed by atoms with Crippen molar-refractivity contribution in [1.29, 1.82) is 0 Å². The van der Waals surface area contributed by atoms with Gasteiger partial charge in [0.25, 0.3) is 0 Å². The monoisotopic (exact) mass is 488 g/mol. The van der Waals surface area contributed by atoms with E-state index in [4.69, 9.17) is 23.7 Å². The molecule has 0 spiro atoms. The van der Waals surface area contributed by atoms with Gasteiger partial charge in [0.15, 0.2) is 18.9 Å². The van der Waals surface area contributed by atoms with Crippen LogP contribution in [0.4, 0.5) is 0 Å². The maximum absolute atomic E-state index is 10.2. The molecule has 0 saturated carbocycles. The molecule has 14 atom stereocenters. The molecule has 3 saturated heterocycles. The number of hydrogen-bond acceptors (Lipinski definition) is 15. The molecule has 0 radical (unpaired) electrons. The SMILES string of the molecule is OC[C@@H]1C[C@H](O)[C@@H](O)[C@H](OC[C@H]2O[C@@H](OC[C@H]3O[C@@H](O)[C@H](O)[C@@H](O)[C@H]3O)[C@H](O)[C@@H](O)[C@H]2O)O1. The van der Waals surface area contributed by atoms with Gasteiger partial charge >= 0.3 is 0 Å². The summed E-state index contributed by atoms with van der Waals surface area (Å²) in [6, 6.07) is 0. The van der Waals surface area contributed by atoms with E-state index in [2.05, 4.69) is 0 Å². The topological polar surface area (TPSA) is 248 Å². The summed E-state index contributed by atoms with van der Waals surface area (Å²) in [5.74, 6) is 0. The zero-order valence-electron chi connectivity index (χ0n) is 17.4. The highest BCUT2D eigenvalue weighted by Gasteiger charge is 2.47. The molecule has 0 aliphatic carbocycles.